The first kappa shape index (κ1) is 21.2. The Labute approximate surface area is 194 Å². The van der Waals surface area contributed by atoms with Crippen molar-refractivity contribution in [2.75, 3.05) is 22.6 Å². The second kappa shape index (κ2) is 9.46. The van der Waals surface area contributed by atoms with Crippen LogP contribution in [0.2, 0.25) is 0 Å². The second-order valence-corrected chi connectivity index (χ2v) is 10.2. The molecule has 1 fully saturated rings. The molecule has 1 amide bonds. The number of anilines is 1. The number of nitrogens with zero attached hydrogens (tertiary/aromatic N) is 2. The molecule has 1 saturated heterocycles. The first-order valence-corrected chi connectivity index (χ1v) is 12.8. The van der Waals surface area contributed by atoms with Crippen molar-refractivity contribution in [2.24, 2.45) is 0 Å². The van der Waals surface area contributed by atoms with Gasteiger partial charge in [-0.1, -0.05) is 18.2 Å². The SMILES string of the molecule is O=C1CSC(c2cccc(OCc3cccnc3)c2)c2c(n(C3CCSCC3)[nH]c2=O)N1. The Balaban J connectivity index is 1.46. The van der Waals surface area contributed by atoms with Gasteiger partial charge in [0.15, 0.2) is 0 Å². The van der Waals surface area contributed by atoms with E-state index >= 15 is 0 Å². The minimum atomic E-state index is -0.256. The lowest BCUT2D eigenvalue weighted by Gasteiger charge is -2.24. The van der Waals surface area contributed by atoms with Crippen LogP contribution in [0, 0.1) is 0 Å². The van der Waals surface area contributed by atoms with Crippen LogP contribution in [-0.4, -0.2) is 37.9 Å². The summed E-state index contributed by atoms with van der Waals surface area (Å²) in [5.41, 5.74) is 2.40. The molecular formula is C23H24N4O3S2. The maximum absolute atomic E-state index is 13.1. The van der Waals surface area contributed by atoms with E-state index in [0.29, 0.717) is 23.7 Å². The normalized spacial score (nSPS) is 19.1. The Morgan fingerprint density at radius 2 is 2.03 bits per heavy atom. The maximum atomic E-state index is 13.1. The molecule has 1 unspecified atom stereocenters. The van der Waals surface area contributed by atoms with Crippen molar-refractivity contribution in [3.05, 3.63) is 75.8 Å². The smallest absolute Gasteiger partial charge is 0.270 e. The number of rotatable bonds is 5. The standard InChI is InChI=1S/C23H24N4O3S2/c28-19-14-32-21(16-4-1-5-18(11-16)30-13-15-3-2-8-24-12-15)20-22(25-19)27(26-23(20)29)17-6-9-31-10-7-17/h1-5,8,11-12,17,21H,6-7,9-10,13-14H2,(H,25,28)(H,26,29). The number of benzene rings is 1. The number of H-pyrrole nitrogens is 1. The molecule has 1 atom stereocenters. The van der Waals surface area contributed by atoms with E-state index in [-0.39, 0.29) is 22.8 Å². The minimum Gasteiger partial charge on any atom is -0.489 e. The van der Waals surface area contributed by atoms with Gasteiger partial charge < -0.3 is 10.1 Å². The summed E-state index contributed by atoms with van der Waals surface area (Å²) in [6, 6.07) is 11.8. The van der Waals surface area contributed by atoms with Crippen LogP contribution in [0.3, 0.4) is 0 Å². The Morgan fingerprint density at radius 3 is 2.84 bits per heavy atom. The number of thioether (sulfide) groups is 2. The van der Waals surface area contributed by atoms with E-state index in [2.05, 4.69) is 15.4 Å². The van der Waals surface area contributed by atoms with E-state index in [1.165, 1.54) is 11.8 Å². The van der Waals surface area contributed by atoms with Crippen LogP contribution in [0.25, 0.3) is 0 Å². The number of nitrogens with one attached hydrogen (secondary N) is 2. The number of carbonyl (C=O) groups excluding carboxylic acids is 1. The number of aromatic nitrogens is 3. The highest BCUT2D eigenvalue weighted by atomic mass is 32.2. The van der Waals surface area contributed by atoms with Gasteiger partial charge in [0.25, 0.3) is 5.56 Å². The summed E-state index contributed by atoms with van der Waals surface area (Å²) >= 11 is 3.40. The average Bonchev–Trinajstić information content (AvgIpc) is 3.04. The molecule has 0 radical (unpaired) electrons. The lowest BCUT2D eigenvalue weighted by molar-refractivity contribution is -0.113. The van der Waals surface area contributed by atoms with Crippen LogP contribution in [0.4, 0.5) is 5.82 Å². The van der Waals surface area contributed by atoms with Crippen molar-refractivity contribution in [2.45, 2.75) is 30.7 Å². The predicted octanol–water partition coefficient (Wildman–Crippen LogP) is 3.99. The van der Waals surface area contributed by atoms with Crippen LogP contribution >= 0.6 is 23.5 Å². The Morgan fingerprint density at radius 1 is 1.16 bits per heavy atom. The quantitative estimate of drug-likeness (QED) is 0.589. The van der Waals surface area contributed by atoms with Crippen LogP contribution in [0.5, 0.6) is 5.75 Å². The summed E-state index contributed by atoms with van der Waals surface area (Å²) in [5.74, 6) is 3.66. The highest BCUT2D eigenvalue weighted by molar-refractivity contribution is 8.00. The zero-order chi connectivity index (χ0) is 21.9. The van der Waals surface area contributed by atoms with Crippen LogP contribution in [-0.2, 0) is 11.4 Å². The Hall–Kier alpha value is -2.65. The number of amides is 1. The molecule has 0 aliphatic carbocycles. The van der Waals surface area contributed by atoms with Crippen molar-refractivity contribution in [3.63, 3.8) is 0 Å². The Kier molecular flexibility index (Phi) is 6.27. The maximum Gasteiger partial charge on any atom is 0.270 e. The van der Waals surface area contributed by atoms with Gasteiger partial charge in [-0.05, 0) is 48.1 Å². The predicted molar refractivity (Wildman–Crippen MR) is 129 cm³/mol. The zero-order valence-electron chi connectivity index (χ0n) is 17.5. The van der Waals surface area contributed by atoms with Crippen LogP contribution in [0.1, 0.15) is 40.8 Å². The average molecular weight is 469 g/mol. The van der Waals surface area contributed by atoms with Crippen molar-refractivity contribution >= 4 is 35.2 Å². The van der Waals surface area contributed by atoms with Gasteiger partial charge in [-0.15, -0.1) is 11.8 Å². The van der Waals surface area contributed by atoms with Gasteiger partial charge in [-0.2, -0.15) is 11.8 Å². The topological polar surface area (TPSA) is 89.0 Å². The molecular weight excluding hydrogens is 444 g/mol. The summed E-state index contributed by atoms with van der Waals surface area (Å²) in [5, 5.41) is 5.76. The fourth-order valence-electron chi connectivity index (χ4n) is 4.14. The highest BCUT2D eigenvalue weighted by Crippen LogP contribution is 2.42. The molecule has 5 rings (SSSR count). The van der Waals surface area contributed by atoms with Gasteiger partial charge >= 0.3 is 0 Å². The third kappa shape index (κ3) is 4.45. The molecule has 9 heteroatoms. The summed E-state index contributed by atoms with van der Waals surface area (Å²) in [4.78, 5) is 29.7. The third-order valence-corrected chi connectivity index (χ3v) is 8.03. The monoisotopic (exact) mass is 468 g/mol. The van der Waals surface area contributed by atoms with Gasteiger partial charge in [0.1, 0.15) is 18.2 Å². The molecule has 2 aromatic heterocycles. The summed E-state index contributed by atoms with van der Waals surface area (Å²) in [6.07, 6.45) is 5.47. The van der Waals surface area contributed by atoms with Crippen LogP contribution in [0.15, 0.2) is 53.6 Å². The molecule has 0 saturated carbocycles. The van der Waals surface area contributed by atoms with E-state index < -0.39 is 0 Å². The van der Waals surface area contributed by atoms with E-state index in [1.54, 1.807) is 12.4 Å². The molecule has 32 heavy (non-hydrogen) atoms. The minimum absolute atomic E-state index is 0.0827. The summed E-state index contributed by atoms with van der Waals surface area (Å²) < 4.78 is 7.87. The van der Waals surface area contributed by atoms with Gasteiger partial charge in [0, 0.05) is 18.0 Å². The largest absolute Gasteiger partial charge is 0.489 e. The molecule has 0 spiro atoms. The first-order valence-electron chi connectivity index (χ1n) is 10.6. The van der Waals surface area contributed by atoms with Crippen molar-refractivity contribution in [3.8, 4) is 5.75 Å². The van der Waals surface area contributed by atoms with Gasteiger partial charge in [-0.25, -0.2) is 0 Å². The number of ether oxygens (including phenoxy) is 1. The second-order valence-electron chi connectivity index (χ2n) is 7.88. The molecule has 0 bridgehead atoms. The molecule has 2 aliphatic heterocycles. The lowest BCUT2D eigenvalue weighted by Crippen LogP contribution is -2.22. The van der Waals surface area contributed by atoms with E-state index in [1.807, 2.05) is 52.8 Å². The number of hydrogen-bond acceptors (Lipinski definition) is 6. The molecule has 7 nitrogen and oxygen atoms in total. The Bertz CT molecular complexity index is 1160. The van der Waals surface area contributed by atoms with Gasteiger partial charge in [0.05, 0.1) is 22.6 Å². The molecule has 4 heterocycles. The van der Waals surface area contributed by atoms with Gasteiger partial charge in [0.2, 0.25) is 5.91 Å². The third-order valence-electron chi connectivity index (χ3n) is 5.71. The molecule has 2 N–H and O–H groups in total. The van der Waals surface area contributed by atoms with E-state index in [9.17, 15) is 9.59 Å². The molecule has 3 aromatic rings. The zero-order valence-corrected chi connectivity index (χ0v) is 19.1. The molecule has 2 aliphatic rings. The van der Waals surface area contributed by atoms with Gasteiger partial charge in [-0.3, -0.25) is 24.4 Å². The van der Waals surface area contributed by atoms with Crippen molar-refractivity contribution in [1.29, 1.82) is 0 Å². The number of fused-ring (bicyclic) bond motifs is 1. The van der Waals surface area contributed by atoms with E-state index in [0.717, 1.165) is 41.2 Å². The number of carbonyl (C=O) groups is 1. The van der Waals surface area contributed by atoms with Crippen LogP contribution < -0.4 is 15.6 Å². The summed E-state index contributed by atoms with van der Waals surface area (Å²) in [7, 11) is 0. The molecule has 1 aromatic carbocycles. The summed E-state index contributed by atoms with van der Waals surface area (Å²) in [6.45, 7) is 0.414. The molecule has 166 valence electrons. The van der Waals surface area contributed by atoms with E-state index in [4.69, 9.17) is 4.74 Å². The number of hydrogen-bond donors (Lipinski definition) is 2. The fraction of sp³-hybridized carbons (Fsp3) is 0.348. The first-order chi connectivity index (χ1) is 15.7. The number of aromatic amines is 1. The van der Waals surface area contributed by atoms with Crippen molar-refractivity contribution < 1.29 is 9.53 Å². The van der Waals surface area contributed by atoms with Crippen molar-refractivity contribution in [1.82, 2.24) is 14.8 Å². The number of pyridine rings is 1. The highest BCUT2D eigenvalue weighted by Gasteiger charge is 2.32. The fourth-order valence-corrected chi connectivity index (χ4v) is 6.34. The lowest BCUT2D eigenvalue weighted by atomic mass is 10.1.